The third-order valence-corrected chi connectivity index (χ3v) is 2.07. The van der Waals surface area contributed by atoms with Crippen molar-refractivity contribution in [3.8, 4) is 0 Å². The van der Waals surface area contributed by atoms with Gasteiger partial charge in [-0.2, -0.15) is 0 Å². The number of pyridine rings is 1. The summed E-state index contributed by atoms with van der Waals surface area (Å²) >= 11 is 0. The molecule has 0 saturated carbocycles. The molecule has 1 heteroatoms. The maximum absolute atomic E-state index is 4.33. The molecule has 1 aliphatic rings. The average molecular weight is 157 g/mol. The molecule has 0 spiro atoms. The molecule has 0 aromatic carbocycles. The first-order valence-electron chi connectivity index (χ1n) is 4.19. The zero-order valence-electron chi connectivity index (χ0n) is 6.96. The number of aromatic nitrogens is 1. The highest BCUT2D eigenvalue weighted by Gasteiger charge is 1.94. The molecule has 1 aromatic rings. The number of nitrogens with zero attached hydrogens (tertiary/aromatic N) is 1. The highest BCUT2D eigenvalue weighted by Crippen LogP contribution is 1.96. The van der Waals surface area contributed by atoms with Crippen LogP contribution in [0.25, 0.3) is 18.2 Å². The van der Waals surface area contributed by atoms with Gasteiger partial charge in [0.05, 0.1) is 5.35 Å². The highest BCUT2D eigenvalue weighted by atomic mass is 14.6. The van der Waals surface area contributed by atoms with Crippen LogP contribution in [0.1, 0.15) is 18.4 Å². The van der Waals surface area contributed by atoms with Crippen LogP contribution < -0.4 is 10.6 Å². The molecule has 1 nitrogen and oxygen atoms in total. The van der Waals surface area contributed by atoms with Gasteiger partial charge in [0.2, 0.25) is 0 Å². The molecule has 0 fully saturated rings. The van der Waals surface area contributed by atoms with Crippen molar-refractivity contribution in [1.82, 2.24) is 4.98 Å². The van der Waals surface area contributed by atoms with E-state index >= 15 is 0 Å². The van der Waals surface area contributed by atoms with Gasteiger partial charge < -0.3 is 0 Å². The lowest BCUT2D eigenvalue weighted by atomic mass is 10.1. The van der Waals surface area contributed by atoms with E-state index in [1.54, 1.807) is 0 Å². The molecule has 1 aromatic heterocycles. The van der Waals surface area contributed by atoms with Crippen LogP contribution in [-0.4, -0.2) is 4.98 Å². The van der Waals surface area contributed by atoms with Crippen LogP contribution in [0.3, 0.4) is 0 Å². The molecule has 0 saturated heterocycles. The summed E-state index contributed by atoms with van der Waals surface area (Å²) in [4.78, 5) is 4.33. The molecule has 0 bridgehead atoms. The maximum atomic E-state index is 4.33. The fourth-order valence-corrected chi connectivity index (χ4v) is 1.41. The Morgan fingerprint density at radius 1 is 1.33 bits per heavy atom. The Morgan fingerprint density at radius 2 is 2.17 bits per heavy atom. The fourth-order valence-electron chi connectivity index (χ4n) is 1.41. The number of rotatable bonds is 1. The van der Waals surface area contributed by atoms with Gasteiger partial charge >= 0.3 is 0 Å². The van der Waals surface area contributed by atoms with Gasteiger partial charge in [-0.15, -0.1) is 0 Å². The molecule has 0 radical (unpaired) electrons. The maximum Gasteiger partial charge on any atom is 0.0659 e. The SMILES string of the molecule is C=Cc1cnc2c(c1)=CCCC=2. The first-order valence-corrected chi connectivity index (χ1v) is 4.19. The van der Waals surface area contributed by atoms with Gasteiger partial charge in [0.25, 0.3) is 0 Å². The molecule has 0 atom stereocenters. The third-order valence-electron chi connectivity index (χ3n) is 2.07. The van der Waals surface area contributed by atoms with Gasteiger partial charge in [0.1, 0.15) is 0 Å². The zero-order chi connectivity index (χ0) is 8.39. The Kier molecular flexibility index (Phi) is 1.78. The summed E-state index contributed by atoms with van der Waals surface area (Å²) < 4.78 is 0. The Hall–Kier alpha value is -1.37. The molecule has 12 heavy (non-hydrogen) atoms. The molecule has 2 rings (SSSR count). The lowest BCUT2D eigenvalue weighted by Gasteiger charge is -1.99. The van der Waals surface area contributed by atoms with Crippen molar-refractivity contribution in [2.24, 2.45) is 0 Å². The van der Waals surface area contributed by atoms with E-state index < -0.39 is 0 Å². The normalized spacial score (nSPS) is 14.0. The summed E-state index contributed by atoms with van der Waals surface area (Å²) in [6.07, 6.45) is 10.4. The molecular weight excluding hydrogens is 146 g/mol. The van der Waals surface area contributed by atoms with Crippen LogP contribution in [0.15, 0.2) is 18.8 Å². The average Bonchev–Trinajstić information content (AvgIpc) is 2.17. The smallest absolute Gasteiger partial charge is 0.0659 e. The van der Waals surface area contributed by atoms with Crippen LogP contribution in [0.5, 0.6) is 0 Å². The third kappa shape index (κ3) is 1.18. The topological polar surface area (TPSA) is 12.9 Å². The second-order valence-electron chi connectivity index (χ2n) is 2.93. The van der Waals surface area contributed by atoms with Gasteiger partial charge in [-0.05, 0) is 29.7 Å². The molecule has 0 aliphatic heterocycles. The lowest BCUT2D eigenvalue weighted by Crippen LogP contribution is -2.29. The number of hydrogen-bond acceptors (Lipinski definition) is 1. The first kappa shape index (κ1) is 7.29. The second kappa shape index (κ2) is 2.94. The van der Waals surface area contributed by atoms with Gasteiger partial charge in [-0.1, -0.05) is 24.8 Å². The standard InChI is InChI=1S/C11H11N/c1-2-9-7-10-5-3-4-6-11(10)12-8-9/h2,5-8H,1,3-4H2. The highest BCUT2D eigenvalue weighted by molar-refractivity contribution is 5.47. The van der Waals surface area contributed by atoms with Crippen LogP contribution in [0, 0.1) is 0 Å². The van der Waals surface area contributed by atoms with Gasteiger partial charge in [-0.3, -0.25) is 4.98 Å². The predicted molar refractivity (Wildman–Crippen MR) is 51.7 cm³/mol. The molecular formula is C11H11N. The Balaban J connectivity index is 2.73. The van der Waals surface area contributed by atoms with Crippen molar-refractivity contribution in [1.29, 1.82) is 0 Å². The van der Waals surface area contributed by atoms with Crippen molar-refractivity contribution >= 4 is 18.2 Å². The zero-order valence-corrected chi connectivity index (χ0v) is 6.96. The van der Waals surface area contributed by atoms with Crippen molar-refractivity contribution < 1.29 is 0 Å². The molecule has 0 N–H and O–H groups in total. The first-order chi connectivity index (χ1) is 5.90. The summed E-state index contributed by atoms with van der Waals surface area (Å²) in [5, 5.41) is 2.37. The van der Waals surface area contributed by atoms with E-state index in [0.717, 1.165) is 23.8 Å². The molecule has 0 amide bonds. The molecule has 0 unspecified atom stereocenters. The summed E-state index contributed by atoms with van der Waals surface area (Å²) in [6, 6.07) is 2.13. The van der Waals surface area contributed by atoms with Crippen LogP contribution in [0.4, 0.5) is 0 Å². The Morgan fingerprint density at radius 3 is 3.00 bits per heavy atom. The molecule has 60 valence electrons. The minimum Gasteiger partial charge on any atom is -0.256 e. The summed E-state index contributed by atoms with van der Waals surface area (Å²) in [5.74, 6) is 0. The van der Waals surface area contributed by atoms with E-state index in [0.29, 0.717) is 0 Å². The minimum atomic E-state index is 1.10. The van der Waals surface area contributed by atoms with E-state index in [2.05, 4.69) is 29.8 Å². The van der Waals surface area contributed by atoms with Crippen LogP contribution >= 0.6 is 0 Å². The Labute approximate surface area is 71.8 Å². The predicted octanol–water partition coefficient (Wildman–Crippen LogP) is 1.08. The largest absolute Gasteiger partial charge is 0.256 e. The summed E-state index contributed by atoms with van der Waals surface area (Å²) in [6.45, 7) is 3.72. The number of fused-ring (bicyclic) bond motifs is 1. The van der Waals surface area contributed by atoms with E-state index in [-0.39, 0.29) is 0 Å². The van der Waals surface area contributed by atoms with Crippen molar-refractivity contribution in [2.75, 3.05) is 0 Å². The quantitative estimate of drug-likeness (QED) is 0.594. The Bertz CT molecular complexity index is 415. The fraction of sp³-hybridized carbons (Fsp3) is 0.182. The van der Waals surface area contributed by atoms with Crippen molar-refractivity contribution in [2.45, 2.75) is 12.8 Å². The van der Waals surface area contributed by atoms with E-state index in [9.17, 15) is 0 Å². The monoisotopic (exact) mass is 157 g/mol. The number of hydrogen-bond donors (Lipinski definition) is 0. The minimum absolute atomic E-state index is 1.10. The molecule has 1 heterocycles. The van der Waals surface area contributed by atoms with E-state index in [4.69, 9.17) is 0 Å². The van der Waals surface area contributed by atoms with Gasteiger partial charge in [-0.25, -0.2) is 0 Å². The van der Waals surface area contributed by atoms with Crippen LogP contribution in [0.2, 0.25) is 0 Å². The summed E-state index contributed by atoms with van der Waals surface area (Å²) in [7, 11) is 0. The van der Waals surface area contributed by atoms with Crippen molar-refractivity contribution in [3.63, 3.8) is 0 Å². The van der Waals surface area contributed by atoms with Crippen LogP contribution in [-0.2, 0) is 0 Å². The van der Waals surface area contributed by atoms with Crippen molar-refractivity contribution in [3.05, 3.63) is 35.0 Å². The summed E-state index contributed by atoms with van der Waals surface area (Å²) in [5.41, 5.74) is 1.10. The molecule has 1 aliphatic carbocycles. The van der Waals surface area contributed by atoms with Gasteiger partial charge in [0, 0.05) is 6.20 Å². The van der Waals surface area contributed by atoms with E-state index in [1.165, 1.54) is 5.22 Å². The lowest BCUT2D eigenvalue weighted by molar-refractivity contribution is 1.07. The second-order valence-corrected chi connectivity index (χ2v) is 2.93. The van der Waals surface area contributed by atoms with E-state index in [1.807, 2.05) is 12.3 Å². The van der Waals surface area contributed by atoms with Gasteiger partial charge in [0.15, 0.2) is 0 Å².